The minimum absolute atomic E-state index is 0.0391. The lowest BCUT2D eigenvalue weighted by Crippen LogP contribution is -2.50. The van der Waals surface area contributed by atoms with Crippen molar-refractivity contribution < 1.29 is 19.1 Å². The molecule has 0 aliphatic rings. The Morgan fingerprint density at radius 2 is 1.77 bits per heavy atom. The first-order valence-electron chi connectivity index (χ1n) is 10.3. The predicted molar refractivity (Wildman–Crippen MR) is 118 cm³/mol. The van der Waals surface area contributed by atoms with Crippen LogP contribution in [-0.2, 0) is 16.1 Å². The molecule has 2 aromatic carbocycles. The van der Waals surface area contributed by atoms with Gasteiger partial charge < -0.3 is 19.7 Å². The molecule has 30 heavy (non-hydrogen) atoms. The molecule has 2 atom stereocenters. The summed E-state index contributed by atoms with van der Waals surface area (Å²) in [5.41, 5.74) is 1.93. The third kappa shape index (κ3) is 6.79. The van der Waals surface area contributed by atoms with Crippen molar-refractivity contribution in [2.45, 2.75) is 52.7 Å². The fraction of sp³-hybridized carbons (Fsp3) is 0.417. The first-order valence-corrected chi connectivity index (χ1v) is 10.3. The first-order chi connectivity index (χ1) is 14.3. The van der Waals surface area contributed by atoms with Gasteiger partial charge in [0.15, 0.2) is 6.61 Å². The van der Waals surface area contributed by atoms with Crippen LogP contribution in [0.15, 0.2) is 48.5 Å². The Morgan fingerprint density at radius 3 is 2.43 bits per heavy atom. The highest BCUT2D eigenvalue weighted by Crippen LogP contribution is 2.17. The topological polar surface area (TPSA) is 67.9 Å². The van der Waals surface area contributed by atoms with Crippen LogP contribution in [-0.4, -0.2) is 42.5 Å². The predicted octanol–water partition coefficient (Wildman–Crippen LogP) is 3.71. The van der Waals surface area contributed by atoms with E-state index in [0.29, 0.717) is 11.5 Å². The molecule has 0 unspecified atom stereocenters. The molecule has 0 aliphatic carbocycles. The van der Waals surface area contributed by atoms with Crippen LogP contribution in [0.3, 0.4) is 0 Å². The summed E-state index contributed by atoms with van der Waals surface area (Å²) in [6, 6.07) is 14.4. The number of ether oxygens (including phenoxy) is 2. The number of rotatable bonds is 10. The quantitative estimate of drug-likeness (QED) is 0.646. The van der Waals surface area contributed by atoms with E-state index in [0.717, 1.165) is 17.5 Å². The summed E-state index contributed by atoms with van der Waals surface area (Å²) < 4.78 is 11.0. The number of hydrogen-bond acceptors (Lipinski definition) is 4. The Morgan fingerprint density at radius 1 is 1.07 bits per heavy atom. The summed E-state index contributed by atoms with van der Waals surface area (Å²) in [7, 11) is 1.60. The Hall–Kier alpha value is -3.02. The van der Waals surface area contributed by atoms with E-state index >= 15 is 0 Å². The largest absolute Gasteiger partial charge is 0.497 e. The van der Waals surface area contributed by atoms with E-state index < -0.39 is 6.04 Å². The van der Waals surface area contributed by atoms with Crippen molar-refractivity contribution in [2.24, 2.45) is 0 Å². The zero-order valence-corrected chi connectivity index (χ0v) is 18.5. The molecular formula is C24H32N2O4. The first kappa shape index (κ1) is 23.3. The van der Waals surface area contributed by atoms with Crippen LogP contribution in [0.2, 0.25) is 0 Å². The van der Waals surface area contributed by atoms with Gasteiger partial charge in [-0.05, 0) is 62.6 Å². The summed E-state index contributed by atoms with van der Waals surface area (Å²) >= 11 is 0. The van der Waals surface area contributed by atoms with Crippen molar-refractivity contribution in [3.63, 3.8) is 0 Å². The van der Waals surface area contributed by atoms with Crippen LogP contribution < -0.4 is 14.8 Å². The fourth-order valence-corrected chi connectivity index (χ4v) is 2.95. The maximum absolute atomic E-state index is 13.1. The van der Waals surface area contributed by atoms with Crippen molar-refractivity contribution >= 4 is 11.8 Å². The van der Waals surface area contributed by atoms with Crippen LogP contribution in [0.5, 0.6) is 11.5 Å². The van der Waals surface area contributed by atoms with E-state index in [9.17, 15) is 9.59 Å². The van der Waals surface area contributed by atoms with Crippen molar-refractivity contribution in [3.8, 4) is 11.5 Å². The number of aryl methyl sites for hydroxylation is 1. The molecule has 0 aliphatic heterocycles. The van der Waals surface area contributed by atoms with Gasteiger partial charge in [-0.15, -0.1) is 0 Å². The monoisotopic (exact) mass is 412 g/mol. The molecule has 1 N–H and O–H groups in total. The molecule has 162 valence electrons. The van der Waals surface area contributed by atoms with Crippen molar-refractivity contribution in [3.05, 3.63) is 59.7 Å². The van der Waals surface area contributed by atoms with Gasteiger partial charge in [0.1, 0.15) is 17.5 Å². The maximum Gasteiger partial charge on any atom is 0.261 e. The third-order valence-electron chi connectivity index (χ3n) is 5.01. The van der Waals surface area contributed by atoms with Gasteiger partial charge >= 0.3 is 0 Å². The number of methoxy groups -OCH3 is 1. The summed E-state index contributed by atoms with van der Waals surface area (Å²) in [5, 5.41) is 2.96. The lowest BCUT2D eigenvalue weighted by atomic mass is 10.1. The average molecular weight is 413 g/mol. The summed E-state index contributed by atoms with van der Waals surface area (Å²) in [6.45, 7) is 7.79. The highest BCUT2D eigenvalue weighted by molar-refractivity contribution is 5.88. The number of nitrogens with one attached hydrogen (secondary N) is 1. The molecule has 0 heterocycles. The minimum atomic E-state index is -0.640. The fourth-order valence-electron chi connectivity index (χ4n) is 2.95. The third-order valence-corrected chi connectivity index (χ3v) is 5.01. The summed E-state index contributed by atoms with van der Waals surface area (Å²) in [4.78, 5) is 27.3. The Balaban J connectivity index is 2.17. The van der Waals surface area contributed by atoms with Crippen LogP contribution in [0.4, 0.5) is 0 Å². The van der Waals surface area contributed by atoms with Gasteiger partial charge in [0, 0.05) is 12.6 Å². The van der Waals surface area contributed by atoms with Gasteiger partial charge in [-0.1, -0.05) is 31.2 Å². The van der Waals surface area contributed by atoms with Gasteiger partial charge in [0.05, 0.1) is 7.11 Å². The van der Waals surface area contributed by atoms with Gasteiger partial charge in [0.25, 0.3) is 5.91 Å². The number of amides is 2. The van der Waals surface area contributed by atoms with E-state index in [2.05, 4.69) is 5.32 Å². The minimum Gasteiger partial charge on any atom is -0.497 e. The SMILES string of the molecule is CC[C@@H](C)NC(=O)[C@@H](C)N(Cc1cccc(OC)c1)C(=O)COc1cccc(C)c1. The summed E-state index contributed by atoms with van der Waals surface area (Å²) in [5.74, 6) is 0.885. The number of hydrogen-bond donors (Lipinski definition) is 1. The Bertz CT molecular complexity index is 853. The zero-order chi connectivity index (χ0) is 22.1. The van der Waals surface area contributed by atoms with E-state index in [4.69, 9.17) is 9.47 Å². The second-order valence-electron chi connectivity index (χ2n) is 7.47. The van der Waals surface area contributed by atoms with Gasteiger partial charge in [-0.25, -0.2) is 0 Å². The van der Waals surface area contributed by atoms with E-state index in [1.54, 1.807) is 18.9 Å². The molecule has 0 saturated heterocycles. The Kier molecular flexibility index (Phi) is 8.71. The molecule has 0 fully saturated rings. The molecule has 6 nitrogen and oxygen atoms in total. The number of nitrogens with zero attached hydrogens (tertiary/aromatic N) is 1. The molecule has 0 saturated carbocycles. The lowest BCUT2D eigenvalue weighted by molar-refractivity contribution is -0.142. The normalized spacial score (nSPS) is 12.6. The second kappa shape index (κ2) is 11.2. The molecule has 0 bridgehead atoms. The highest BCUT2D eigenvalue weighted by atomic mass is 16.5. The van der Waals surface area contributed by atoms with Crippen LogP contribution >= 0.6 is 0 Å². The van der Waals surface area contributed by atoms with Gasteiger partial charge in [-0.2, -0.15) is 0 Å². The average Bonchev–Trinajstić information content (AvgIpc) is 2.75. The molecule has 0 radical (unpaired) electrons. The molecule has 0 aromatic heterocycles. The molecule has 6 heteroatoms. The Labute approximate surface area is 179 Å². The molecule has 2 rings (SSSR count). The van der Waals surface area contributed by atoms with Crippen LogP contribution in [0.25, 0.3) is 0 Å². The number of carbonyl (C=O) groups excluding carboxylic acids is 2. The molecule has 2 amide bonds. The van der Waals surface area contributed by atoms with E-state index in [1.807, 2.05) is 69.3 Å². The number of benzene rings is 2. The van der Waals surface area contributed by atoms with Crippen molar-refractivity contribution in [1.29, 1.82) is 0 Å². The van der Waals surface area contributed by atoms with Crippen molar-refractivity contribution in [1.82, 2.24) is 10.2 Å². The zero-order valence-electron chi connectivity index (χ0n) is 18.5. The van der Waals surface area contributed by atoms with E-state index in [1.165, 1.54) is 0 Å². The van der Waals surface area contributed by atoms with Crippen LogP contribution in [0.1, 0.15) is 38.3 Å². The number of carbonyl (C=O) groups is 2. The summed E-state index contributed by atoms with van der Waals surface area (Å²) in [6.07, 6.45) is 0.818. The molecule has 2 aromatic rings. The van der Waals surface area contributed by atoms with Crippen molar-refractivity contribution in [2.75, 3.05) is 13.7 Å². The van der Waals surface area contributed by atoms with Crippen LogP contribution in [0, 0.1) is 6.92 Å². The standard InChI is InChI=1S/C24H32N2O4/c1-6-18(3)25-24(28)19(4)26(15-20-10-8-11-21(14-20)29-5)23(27)16-30-22-12-7-9-17(2)13-22/h7-14,18-19H,6,15-16H2,1-5H3,(H,25,28)/t18-,19-/m1/s1. The maximum atomic E-state index is 13.1. The van der Waals surface area contributed by atoms with Gasteiger partial charge in [-0.3, -0.25) is 9.59 Å². The molecule has 0 spiro atoms. The lowest BCUT2D eigenvalue weighted by Gasteiger charge is -2.29. The van der Waals surface area contributed by atoms with Gasteiger partial charge in [0.2, 0.25) is 5.91 Å². The molecular weight excluding hydrogens is 380 g/mol. The van der Waals surface area contributed by atoms with E-state index in [-0.39, 0.29) is 31.0 Å². The highest BCUT2D eigenvalue weighted by Gasteiger charge is 2.27. The smallest absolute Gasteiger partial charge is 0.261 e. The second-order valence-corrected chi connectivity index (χ2v) is 7.47.